The van der Waals surface area contributed by atoms with Crippen molar-refractivity contribution in [3.05, 3.63) is 34.9 Å². The average Bonchev–Trinajstić information content (AvgIpc) is 2.40. The van der Waals surface area contributed by atoms with Crippen molar-refractivity contribution < 1.29 is 4.79 Å². The second-order valence-electron chi connectivity index (χ2n) is 4.04. The normalized spacial score (nSPS) is 11.1. The molecule has 0 fully saturated rings. The molecule has 0 saturated heterocycles. The van der Waals surface area contributed by atoms with Crippen LogP contribution in [0.5, 0.6) is 0 Å². The Labute approximate surface area is 120 Å². The minimum Gasteiger partial charge on any atom is -0.385 e. The topological polar surface area (TPSA) is 106 Å². The number of amides is 1. The molecule has 0 radical (unpaired) electrons. The van der Waals surface area contributed by atoms with Gasteiger partial charge in [0.05, 0.1) is 13.0 Å². The van der Waals surface area contributed by atoms with Crippen LogP contribution in [0.15, 0.2) is 33.6 Å². The highest BCUT2D eigenvalue weighted by Crippen LogP contribution is 2.10. The lowest BCUT2D eigenvalue weighted by Gasteiger charge is -2.01. The van der Waals surface area contributed by atoms with E-state index >= 15 is 0 Å². The van der Waals surface area contributed by atoms with Gasteiger partial charge in [-0.15, -0.1) is 5.10 Å². The third-order valence-corrected chi connectivity index (χ3v) is 2.42. The zero-order valence-electron chi connectivity index (χ0n) is 12.6. The summed E-state index contributed by atoms with van der Waals surface area (Å²) in [5.74, 6) is -0.480. The smallest absolute Gasteiger partial charge is 0.225 e. The van der Waals surface area contributed by atoms with Crippen molar-refractivity contribution in [2.45, 2.75) is 40.7 Å². The largest absolute Gasteiger partial charge is 0.385 e. The van der Waals surface area contributed by atoms with Crippen molar-refractivity contribution >= 4 is 11.7 Å². The third-order valence-electron chi connectivity index (χ3n) is 2.42. The molecule has 6 nitrogen and oxygen atoms in total. The first kappa shape index (κ1) is 17.8. The van der Waals surface area contributed by atoms with E-state index in [1.165, 1.54) is 11.1 Å². The van der Waals surface area contributed by atoms with Crippen LogP contribution in [-0.2, 0) is 11.3 Å². The van der Waals surface area contributed by atoms with Crippen LogP contribution in [0.2, 0.25) is 0 Å². The number of primary amides is 1. The highest BCUT2D eigenvalue weighted by atomic mass is 16.1. The Balaban J connectivity index is 0.00000172. The highest BCUT2D eigenvalue weighted by molar-refractivity contribution is 5.98. The predicted octanol–water partition coefficient (Wildman–Crippen LogP) is 2.43. The molecule has 0 bridgehead atoms. The van der Waals surface area contributed by atoms with Crippen LogP contribution in [0.4, 0.5) is 0 Å². The number of hydrogen-bond acceptors (Lipinski definition) is 3. The van der Waals surface area contributed by atoms with Gasteiger partial charge in [-0.3, -0.25) is 4.79 Å². The number of carbonyl (C=O) groups is 1. The molecule has 0 unspecified atom stereocenters. The summed E-state index contributed by atoms with van der Waals surface area (Å²) in [6, 6.07) is 6.06. The standard InChI is InChI=1S/C12H17N5O.C2H6/c1-8-3-4-10(5-9(8)2)7-15-17-16-11(13)6-12(14)18;1-2/h3-5H,6-7H2,1-2H3,(H2,14,18)(H2,13,15,16);1-2H3. The molecular formula is C14H23N5O. The van der Waals surface area contributed by atoms with Crippen molar-refractivity contribution in [2.24, 2.45) is 26.9 Å². The number of amidine groups is 1. The molecule has 20 heavy (non-hydrogen) atoms. The van der Waals surface area contributed by atoms with Crippen molar-refractivity contribution in [1.29, 1.82) is 0 Å². The van der Waals surface area contributed by atoms with E-state index in [0.717, 1.165) is 5.56 Å². The molecule has 1 amide bonds. The summed E-state index contributed by atoms with van der Waals surface area (Å²) >= 11 is 0. The number of hydrogen-bond donors (Lipinski definition) is 2. The van der Waals surface area contributed by atoms with Gasteiger partial charge >= 0.3 is 0 Å². The zero-order chi connectivity index (χ0) is 15.5. The fourth-order valence-corrected chi connectivity index (χ4v) is 1.32. The van der Waals surface area contributed by atoms with E-state index in [9.17, 15) is 4.79 Å². The summed E-state index contributed by atoms with van der Waals surface area (Å²) in [5.41, 5.74) is 13.8. The molecule has 0 aliphatic rings. The van der Waals surface area contributed by atoms with E-state index in [2.05, 4.69) is 22.4 Å². The minimum atomic E-state index is -0.541. The second kappa shape index (κ2) is 9.66. The van der Waals surface area contributed by atoms with Crippen LogP contribution in [0.1, 0.15) is 37.0 Å². The Morgan fingerprint density at radius 3 is 2.35 bits per heavy atom. The van der Waals surface area contributed by atoms with Gasteiger partial charge in [0, 0.05) is 0 Å². The van der Waals surface area contributed by atoms with E-state index in [0.29, 0.717) is 6.54 Å². The molecule has 6 heteroatoms. The van der Waals surface area contributed by atoms with Crippen LogP contribution in [-0.4, -0.2) is 11.7 Å². The minimum absolute atomic E-state index is 0.0614. The lowest BCUT2D eigenvalue weighted by atomic mass is 10.1. The lowest BCUT2D eigenvalue weighted by Crippen LogP contribution is -2.21. The van der Waals surface area contributed by atoms with Gasteiger partial charge in [-0.05, 0) is 35.8 Å². The Hall–Kier alpha value is -2.24. The monoisotopic (exact) mass is 277 g/mol. The molecule has 1 aromatic rings. The number of benzene rings is 1. The number of aryl methyl sites for hydroxylation is 2. The van der Waals surface area contributed by atoms with Crippen molar-refractivity contribution in [2.75, 3.05) is 0 Å². The van der Waals surface area contributed by atoms with Gasteiger partial charge in [0.2, 0.25) is 5.91 Å². The molecule has 0 aliphatic carbocycles. The van der Waals surface area contributed by atoms with Crippen LogP contribution < -0.4 is 11.5 Å². The number of nitrogens with two attached hydrogens (primary N) is 2. The van der Waals surface area contributed by atoms with Gasteiger partial charge in [0.15, 0.2) is 0 Å². The molecule has 0 spiro atoms. The fraction of sp³-hybridized carbons (Fsp3) is 0.429. The predicted molar refractivity (Wildman–Crippen MR) is 81.3 cm³/mol. The molecule has 110 valence electrons. The van der Waals surface area contributed by atoms with Crippen molar-refractivity contribution in [3.63, 3.8) is 0 Å². The van der Waals surface area contributed by atoms with E-state index in [4.69, 9.17) is 11.5 Å². The molecule has 0 aromatic heterocycles. The quantitative estimate of drug-likeness (QED) is 0.373. The average molecular weight is 277 g/mol. The number of carbonyl (C=O) groups excluding carboxylic acids is 1. The van der Waals surface area contributed by atoms with Gasteiger partial charge in [-0.25, -0.2) is 0 Å². The number of nitrogens with zero attached hydrogens (tertiary/aromatic N) is 3. The van der Waals surface area contributed by atoms with Crippen molar-refractivity contribution in [3.8, 4) is 0 Å². The van der Waals surface area contributed by atoms with Crippen LogP contribution in [0, 0.1) is 13.8 Å². The van der Waals surface area contributed by atoms with Crippen LogP contribution in [0.3, 0.4) is 0 Å². The summed E-state index contributed by atoms with van der Waals surface area (Å²) in [4.78, 5) is 10.5. The Morgan fingerprint density at radius 1 is 1.15 bits per heavy atom. The molecule has 0 atom stereocenters. The SMILES string of the molecule is CC.Cc1ccc(CN=N/N=C(\N)CC(N)=O)cc1C. The highest BCUT2D eigenvalue weighted by Gasteiger charge is 1.98. The molecule has 0 heterocycles. The molecular weight excluding hydrogens is 254 g/mol. The van der Waals surface area contributed by atoms with E-state index in [1.54, 1.807) is 0 Å². The van der Waals surface area contributed by atoms with E-state index in [1.807, 2.05) is 39.0 Å². The summed E-state index contributed by atoms with van der Waals surface area (Å²) < 4.78 is 0. The summed E-state index contributed by atoms with van der Waals surface area (Å²) in [5, 5.41) is 11.0. The second-order valence-corrected chi connectivity index (χ2v) is 4.04. The van der Waals surface area contributed by atoms with Gasteiger partial charge in [0.1, 0.15) is 5.84 Å². The van der Waals surface area contributed by atoms with E-state index < -0.39 is 5.91 Å². The first-order valence-electron chi connectivity index (χ1n) is 6.52. The first-order valence-corrected chi connectivity index (χ1v) is 6.52. The zero-order valence-corrected chi connectivity index (χ0v) is 12.6. The molecule has 0 saturated carbocycles. The maximum absolute atomic E-state index is 10.5. The Bertz CT molecular complexity index is 494. The van der Waals surface area contributed by atoms with Gasteiger partial charge in [0.25, 0.3) is 0 Å². The number of rotatable bonds is 5. The van der Waals surface area contributed by atoms with Gasteiger partial charge in [-0.1, -0.05) is 32.0 Å². The molecule has 1 rings (SSSR count). The summed E-state index contributed by atoms with van der Waals surface area (Å²) in [6.07, 6.45) is -0.108. The Morgan fingerprint density at radius 2 is 1.80 bits per heavy atom. The van der Waals surface area contributed by atoms with Gasteiger partial charge in [-0.2, -0.15) is 5.11 Å². The van der Waals surface area contributed by atoms with Crippen molar-refractivity contribution in [1.82, 2.24) is 0 Å². The first-order chi connectivity index (χ1) is 9.49. The maximum atomic E-state index is 10.5. The van der Waals surface area contributed by atoms with E-state index in [-0.39, 0.29) is 12.3 Å². The maximum Gasteiger partial charge on any atom is 0.225 e. The van der Waals surface area contributed by atoms with Crippen LogP contribution in [0.25, 0.3) is 0 Å². The summed E-state index contributed by atoms with van der Waals surface area (Å²) in [6.45, 7) is 8.52. The van der Waals surface area contributed by atoms with Gasteiger partial charge < -0.3 is 11.5 Å². The fourth-order valence-electron chi connectivity index (χ4n) is 1.32. The summed E-state index contributed by atoms with van der Waals surface area (Å²) in [7, 11) is 0. The molecule has 4 N–H and O–H groups in total. The molecule has 0 aliphatic heterocycles. The molecule has 1 aromatic carbocycles. The lowest BCUT2D eigenvalue weighted by molar-refractivity contribution is -0.116. The van der Waals surface area contributed by atoms with Crippen LogP contribution >= 0.6 is 0 Å². The Kier molecular flexibility index (Phi) is 8.58. The third kappa shape index (κ3) is 7.25.